The van der Waals surface area contributed by atoms with Crippen molar-refractivity contribution in [2.75, 3.05) is 6.54 Å². The Morgan fingerprint density at radius 1 is 1.14 bits per heavy atom. The van der Waals surface area contributed by atoms with Gasteiger partial charge in [0.2, 0.25) is 0 Å². The maximum Gasteiger partial charge on any atom is 0.410 e. The smallest absolute Gasteiger partial charge is 0.410 e. The average molecular weight is 383 g/mol. The van der Waals surface area contributed by atoms with Crippen LogP contribution in [0.1, 0.15) is 37.5 Å². The highest BCUT2D eigenvalue weighted by atomic mass is 16.6. The van der Waals surface area contributed by atoms with Crippen molar-refractivity contribution >= 4 is 6.09 Å². The molecule has 2 N–H and O–H groups in total. The molecular weight excluding hydrogens is 352 g/mol. The van der Waals surface area contributed by atoms with E-state index in [9.17, 15) is 9.90 Å². The lowest BCUT2D eigenvalue weighted by Crippen LogP contribution is -2.54. The van der Waals surface area contributed by atoms with E-state index in [2.05, 4.69) is 11.4 Å². The molecule has 0 bridgehead atoms. The number of aliphatic hydroxyl groups is 1. The van der Waals surface area contributed by atoms with Crippen molar-refractivity contribution in [3.63, 3.8) is 0 Å². The molecule has 5 heteroatoms. The fourth-order valence-electron chi connectivity index (χ4n) is 3.51. The monoisotopic (exact) mass is 382 g/mol. The van der Waals surface area contributed by atoms with E-state index in [-0.39, 0.29) is 12.1 Å². The zero-order chi connectivity index (χ0) is 20.1. The summed E-state index contributed by atoms with van der Waals surface area (Å²) in [5.74, 6) is 0. The summed E-state index contributed by atoms with van der Waals surface area (Å²) >= 11 is 0. The number of hydrogen-bond donors (Lipinski definition) is 2. The van der Waals surface area contributed by atoms with Crippen molar-refractivity contribution in [2.45, 2.75) is 58.0 Å². The molecule has 0 unspecified atom stereocenters. The number of nitrogens with zero attached hydrogens (tertiary/aromatic N) is 1. The van der Waals surface area contributed by atoms with Crippen molar-refractivity contribution in [3.8, 4) is 0 Å². The number of amides is 1. The molecule has 2 aromatic carbocycles. The number of carbonyl (C=O) groups excluding carboxylic acids is 1. The summed E-state index contributed by atoms with van der Waals surface area (Å²) in [5.41, 5.74) is 2.87. The Bertz CT molecular complexity index is 786. The van der Waals surface area contributed by atoms with Gasteiger partial charge in [0.05, 0.1) is 12.1 Å². The fraction of sp³-hybridized carbons (Fsp3) is 0.435. The van der Waals surface area contributed by atoms with Crippen molar-refractivity contribution in [3.05, 3.63) is 71.3 Å². The summed E-state index contributed by atoms with van der Waals surface area (Å²) in [6.45, 7) is 7.10. The van der Waals surface area contributed by atoms with Crippen LogP contribution < -0.4 is 5.32 Å². The van der Waals surface area contributed by atoms with Crippen molar-refractivity contribution in [2.24, 2.45) is 0 Å². The quantitative estimate of drug-likeness (QED) is 0.831. The molecule has 0 radical (unpaired) electrons. The molecule has 0 aliphatic carbocycles. The Labute approximate surface area is 167 Å². The van der Waals surface area contributed by atoms with Crippen LogP contribution in [0.15, 0.2) is 54.6 Å². The Morgan fingerprint density at radius 3 is 2.46 bits per heavy atom. The Hall–Kier alpha value is -2.37. The topological polar surface area (TPSA) is 61.8 Å². The van der Waals surface area contributed by atoms with E-state index in [0.29, 0.717) is 26.1 Å². The Balaban J connectivity index is 1.70. The highest BCUT2D eigenvalue weighted by molar-refractivity contribution is 5.69. The molecule has 28 heavy (non-hydrogen) atoms. The van der Waals surface area contributed by atoms with Gasteiger partial charge in [-0.3, -0.25) is 4.90 Å². The van der Waals surface area contributed by atoms with Crippen molar-refractivity contribution in [1.82, 2.24) is 10.2 Å². The highest BCUT2D eigenvalue weighted by Gasteiger charge is 2.36. The largest absolute Gasteiger partial charge is 0.444 e. The zero-order valence-corrected chi connectivity index (χ0v) is 16.9. The maximum atomic E-state index is 12.8. The third-order valence-corrected chi connectivity index (χ3v) is 4.89. The number of carbonyl (C=O) groups is 1. The number of fused-ring (bicyclic) bond motifs is 1. The summed E-state index contributed by atoms with van der Waals surface area (Å²) in [5, 5.41) is 14.2. The number of nitrogens with one attached hydrogen (secondary N) is 1. The summed E-state index contributed by atoms with van der Waals surface area (Å²) in [4.78, 5) is 14.5. The van der Waals surface area contributed by atoms with Gasteiger partial charge in [-0.05, 0) is 43.9 Å². The number of rotatable bonds is 5. The highest BCUT2D eigenvalue weighted by Crippen LogP contribution is 2.27. The minimum Gasteiger partial charge on any atom is -0.444 e. The molecular formula is C23H30N2O3. The van der Waals surface area contributed by atoms with Gasteiger partial charge in [-0.2, -0.15) is 0 Å². The molecule has 0 saturated carbocycles. The first kappa shape index (κ1) is 20.4. The third-order valence-electron chi connectivity index (χ3n) is 4.89. The lowest BCUT2D eigenvalue weighted by molar-refractivity contribution is -0.0116. The molecule has 1 aliphatic rings. The molecule has 1 aliphatic heterocycles. The van der Waals surface area contributed by atoms with Crippen LogP contribution in [0.5, 0.6) is 0 Å². The van der Waals surface area contributed by atoms with Gasteiger partial charge in [0.15, 0.2) is 0 Å². The van der Waals surface area contributed by atoms with Gasteiger partial charge >= 0.3 is 6.09 Å². The van der Waals surface area contributed by atoms with Gasteiger partial charge < -0.3 is 15.2 Å². The van der Waals surface area contributed by atoms with Gasteiger partial charge in [-0.1, -0.05) is 54.6 Å². The Morgan fingerprint density at radius 2 is 1.79 bits per heavy atom. The summed E-state index contributed by atoms with van der Waals surface area (Å²) in [6, 6.07) is 17.8. The molecule has 0 saturated heterocycles. The maximum absolute atomic E-state index is 12.8. The first-order valence-corrected chi connectivity index (χ1v) is 9.82. The minimum absolute atomic E-state index is 0.326. The van der Waals surface area contributed by atoms with E-state index in [0.717, 1.165) is 11.1 Å². The van der Waals surface area contributed by atoms with Gasteiger partial charge in [0, 0.05) is 19.6 Å². The molecule has 5 nitrogen and oxygen atoms in total. The summed E-state index contributed by atoms with van der Waals surface area (Å²) in [7, 11) is 0. The standard InChI is InChI=1S/C23H30N2O3/c1-23(2,3)28-22(27)25-16-19-12-8-7-11-18(19)13-20(25)21(26)15-24-14-17-9-5-4-6-10-17/h4-12,20-21,24,26H,13-16H2,1-3H3/t20-,21+/m0/s1. The second-order valence-corrected chi connectivity index (χ2v) is 8.33. The molecule has 1 amide bonds. The zero-order valence-electron chi connectivity index (χ0n) is 16.9. The van der Waals surface area contributed by atoms with Crippen LogP contribution in [0.2, 0.25) is 0 Å². The van der Waals surface area contributed by atoms with Gasteiger partial charge in [0.25, 0.3) is 0 Å². The normalized spacial score (nSPS) is 17.7. The van der Waals surface area contributed by atoms with Crippen LogP contribution in [0.3, 0.4) is 0 Å². The summed E-state index contributed by atoms with van der Waals surface area (Å²) in [6.07, 6.45) is -0.456. The molecule has 3 rings (SSSR count). The second-order valence-electron chi connectivity index (χ2n) is 8.33. The van der Waals surface area contributed by atoms with E-state index in [1.807, 2.05) is 69.3 Å². The van der Waals surface area contributed by atoms with E-state index < -0.39 is 11.7 Å². The minimum atomic E-state index is -0.690. The van der Waals surface area contributed by atoms with Crippen LogP contribution in [-0.2, 0) is 24.2 Å². The lowest BCUT2D eigenvalue weighted by Gasteiger charge is -2.40. The SMILES string of the molecule is CC(C)(C)OC(=O)N1Cc2ccccc2C[C@H]1[C@H](O)CNCc1ccccc1. The van der Waals surface area contributed by atoms with Crippen LogP contribution in [0, 0.1) is 0 Å². The fourth-order valence-corrected chi connectivity index (χ4v) is 3.51. The van der Waals surface area contributed by atoms with Crippen molar-refractivity contribution in [1.29, 1.82) is 0 Å². The number of benzene rings is 2. The van der Waals surface area contributed by atoms with E-state index >= 15 is 0 Å². The predicted octanol–water partition coefficient (Wildman–Crippen LogP) is 3.50. The van der Waals surface area contributed by atoms with Crippen LogP contribution in [-0.4, -0.2) is 40.4 Å². The molecule has 0 fully saturated rings. The van der Waals surface area contributed by atoms with Crippen LogP contribution in [0.25, 0.3) is 0 Å². The lowest BCUT2D eigenvalue weighted by atomic mass is 9.91. The molecule has 2 atom stereocenters. The first-order chi connectivity index (χ1) is 13.3. The molecule has 0 spiro atoms. The molecule has 1 heterocycles. The van der Waals surface area contributed by atoms with Crippen molar-refractivity contribution < 1.29 is 14.6 Å². The van der Waals surface area contributed by atoms with E-state index in [1.165, 1.54) is 5.56 Å². The van der Waals surface area contributed by atoms with Crippen LogP contribution >= 0.6 is 0 Å². The predicted molar refractivity (Wildman–Crippen MR) is 110 cm³/mol. The van der Waals surface area contributed by atoms with Gasteiger partial charge in [-0.15, -0.1) is 0 Å². The Kier molecular flexibility index (Phi) is 6.37. The molecule has 150 valence electrons. The number of aliphatic hydroxyl groups excluding tert-OH is 1. The first-order valence-electron chi connectivity index (χ1n) is 9.82. The van der Waals surface area contributed by atoms with E-state index in [4.69, 9.17) is 4.74 Å². The number of hydrogen-bond acceptors (Lipinski definition) is 4. The second kappa shape index (κ2) is 8.76. The van der Waals surface area contributed by atoms with Gasteiger partial charge in [0.1, 0.15) is 5.60 Å². The molecule has 2 aromatic rings. The number of ether oxygens (including phenoxy) is 1. The van der Waals surface area contributed by atoms with Crippen LogP contribution in [0.4, 0.5) is 4.79 Å². The average Bonchev–Trinajstić information content (AvgIpc) is 2.66. The summed E-state index contributed by atoms with van der Waals surface area (Å²) < 4.78 is 5.60. The third kappa shape index (κ3) is 5.33. The van der Waals surface area contributed by atoms with E-state index in [1.54, 1.807) is 4.90 Å². The van der Waals surface area contributed by atoms with Gasteiger partial charge in [-0.25, -0.2) is 4.79 Å². The molecule has 0 aromatic heterocycles.